The highest BCUT2D eigenvalue weighted by Crippen LogP contribution is 2.24. The molecule has 3 aromatic rings. The summed E-state index contributed by atoms with van der Waals surface area (Å²) in [6.07, 6.45) is 0. The molecule has 2 aromatic carbocycles. The molecule has 1 saturated heterocycles. The first-order valence-electron chi connectivity index (χ1n) is 10.4. The van der Waals surface area contributed by atoms with Gasteiger partial charge < -0.3 is 4.74 Å². The van der Waals surface area contributed by atoms with Crippen LogP contribution in [0.3, 0.4) is 0 Å². The van der Waals surface area contributed by atoms with Gasteiger partial charge in [0.15, 0.2) is 0 Å². The number of rotatable bonds is 7. The van der Waals surface area contributed by atoms with Gasteiger partial charge in [0.1, 0.15) is 0 Å². The summed E-state index contributed by atoms with van der Waals surface area (Å²) in [6, 6.07) is 12.9. The number of nitrogens with zero attached hydrogens (tertiary/aromatic N) is 2. The first-order valence-corrected chi connectivity index (χ1v) is 12.7. The van der Waals surface area contributed by atoms with Crippen molar-refractivity contribution in [3.63, 3.8) is 0 Å². The molecular weight excluding hydrogens is 434 g/mol. The Balaban J connectivity index is 1.43. The number of morpholine rings is 1. The Morgan fingerprint density at radius 2 is 1.74 bits per heavy atom. The summed E-state index contributed by atoms with van der Waals surface area (Å²) in [7, 11) is -3.68. The molecule has 0 radical (unpaired) electrons. The molecule has 1 aliphatic rings. The number of nitrogens with one attached hydrogen (secondary N) is 1. The van der Waals surface area contributed by atoms with Gasteiger partial charge in [0.25, 0.3) is 0 Å². The van der Waals surface area contributed by atoms with Crippen LogP contribution in [0.1, 0.15) is 31.0 Å². The fourth-order valence-corrected chi connectivity index (χ4v) is 5.89. The van der Waals surface area contributed by atoms with Crippen LogP contribution < -0.4 is 9.60 Å². The molecule has 0 spiro atoms. The van der Waals surface area contributed by atoms with Crippen molar-refractivity contribution in [1.82, 2.24) is 14.2 Å². The predicted octanol–water partition coefficient (Wildman–Crippen LogP) is 2.95. The Morgan fingerprint density at radius 3 is 2.42 bits per heavy atom. The van der Waals surface area contributed by atoms with Gasteiger partial charge in [0.2, 0.25) is 10.0 Å². The van der Waals surface area contributed by atoms with E-state index < -0.39 is 10.0 Å². The van der Waals surface area contributed by atoms with E-state index in [1.807, 2.05) is 38.1 Å². The van der Waals surface area contributed by atoms with E-state index >= 15 is 0 Å². The second-order valence-electron chi connectivity index (χ2n) is 7.99. The number of thiazole rings is 1. The number of sulfonamides is 1. The van der Waals surface area contributed by atoms with Gasteiger partial charge in [-0.1, -0.05) is 35.6 Å². The van der Waals surface area contributed by atoms with Gasteiger partial charge in [-0.05, 0) is 43.2 Å². The van der Waals surface area contributed by atoms with Crippen LogP contribution in [-0.4, -0.2) is 44.2 Å². The molecule has 0 amide bonds. The molecule has 2 heterocycles. The summed E-state index contributed by atoms with van der Waals surface area (Å²) in [5, 5.41) is 0. The first kappa shape index (κ1) is 22.2. The molecule has 0 atom stereocenters. The zero-order valence-corrected chi connectivity index (χ0v) is 19.3. The summed E-state index contributed by atoms with van der Waals surface area (Å²) in [4.78, 5) is 14.6. The van der Waals surface area contributed by atoms with Crippen molar-refractivity contribution in [3.8, 4) is 0 Å². The van der Waals surface area contributed by atoms with Gasteiger partial charge in [-0.15, -0.1) is 0 Å². The smallest absolute Gasteiger partial charge is 0.308 e. The van der Waals surface area contributed by atoms with E-state index in [2.05, 4.69) is 9.62 Å². The van der Waals surface area contributed by atoms with Crippen LogP contribution >= 0.6 is 11.3 Å². The Bertz CT molecular complexity index is 1210. The number of hydrogen-bond donors (Lipinski definition) is 1. The molecular formula is C22H27N3O4S2. The zero-order valence-electron chi connectivity index (χ0n) is 17.7. The van der Waals surface area contributed by atoms with Gasteiger partial charge in [-0.2, -0.15) is 0 Å². The summed E-state index contributed by atoms with van der Waals surface area (Å²) in [5.41, 5.74) is 2.86. The number of ether oxygens (including phenoxy) is 1. The minimum Gasteiger partial charge on any atom is -0.379 e. The lowest BCUT2D eigenvalue weighted by atomic mass is 10.1. The molecule has 9 heteroatoms. The Labute approximate surface area is 186 Å². The molecule has 0 saturated carbocycles. The third kappa shape index (κ3) is 5.07. The van der Waals surface area contributed by atoms with Crippen molar-refractivity contribution < 1.29 is 13.2 Å². The fraction of sp³-hybridized carbons (Fsp3) is 0.409. The topological polar surface area (TPSA) is 80.6 Å². The van der Waals surface area contributed by atoms with Crippen LogP contribution in [0.15, 0.2) is 52.2 Å². The van der Waals surface area contributed by atoms with Crippen molar-refractivity contribution in [2.24, 2.45) is 0 Å². The lowest BCUT2D eigenvalue weighted by Crippen LogP contribution is -2.35. The van der Waals surface area contributed by atoms with Crippen molar-refractivity contribution in [2.75, 3.05) is 26.3 Å². The average Bonchev–Trinajstić information content (AvgIpc) is 3.09. The average molecular weight is 462 g/mol. The van der Waals surface area contributed by atoms with E-state index in [4.69, 9.17) is 4.74 Å². The highest BCUT2D eigenvalue weighted by molar-refractivity contribution is 7.89. The molecule has 31 heavy (non-hydrogen) atoms. The standard InChI is InChI=1S/C22H27N3O4S2/c1-16(2)25-20-8-7-19(13-21(20)30-22(25)26)31(27,28)23-14-17-3-5-18(6-4-17)15-24-9-11-29-12-10-24/h3-8,13,16,23H,9-12,14-15H2,1-2H3. The largest absolute Gasteiger partial charge is 0.379 e. The van der Waals surface area contributed by atoms with Gasteiger partial charge in [0, 0.05) is 32.2 Å². The molecule has 0 bridgehead atoms. The van der Waals surface area contributed by atoms with E-state index in [1.165, 1.54) is 5.56 Å². The van der Waals surface area contributed by atoms with Crippen molar-refractivity contribution in [1.29, 1.82) is 0 Å². The van der Waals surface area contributed by atoms with Gasteiger partial charge in [-0.25, -0.2) is 13.1 Å². The number of aromatic nitrogens is 1. The summed E-state index contributed by atoms with van der Waals surface area (Å²) in [5.74, 6) is 0. The molecule has 1 fully saturated rings. The fourth-order valence-electron chi connectivity index (χ4n) is 3.71. The van der Waals surface area contributed by atoms with Crippen LogP contribution in [0.4, 0.5) is 0 Å². The summed E-state index contributed by atoms with van der Waals surface area (Å²) < 4.78 is 36.0. The summed E-state index contributed by atoms with van der Waals surface area (Å²) >= 11 is 1.07. The second kappa shape index (κ2) is 9.22. The maximum absolute atomic E-state index is 12.8. The molecule has 7 nitrogen and oxygen atoms in total. The van der Waals surface area contributed by atoms with Crippen molar-refractivity contribution >= 4 is 31.6 Å². The van der Waals surface area contributed by atoms with Crippen LogP contribution in [0, 0.1) is 0 Å². The maximum atomic E-state index is 12.8. The molecule has 166 valence electrons. The monoisotopic (exact) mass is 461 g/mol. The van der Waals surface area contributed by atoms with Crippen LogP contribution in [-0.2, 0) is 27.8 Å². The zero-order chi connectivity index (χ0) is 22.0. The predicted molar refractivity (Wildman–Crippen MR) is 123 cm³/mol. The summed E-state index contributed by atoms with van der Waals surface area (Å²) in [6.45, 7) is 8.35. The molecule has 1 N–H and O–H groups in total. The number of benzene rings is 2. The molecule has 0 aliphatic carbocycles. The highest BCUT2D eigenvalue weighted by atomic mass is 32.2. The van der Waals surface area contributed by atoms with Gasteiger partial charge in [-0.3, -0.25) is 14.3 Å². The SMILES string of the molecule is CC(C)n1c(=O)sc2cc(S(=O)(=O)NCc3ccc(CN4CCOCC4)cc3)ccc21. The molecule has 1 aromatic heterocycles. The third-order valence-electron chi connectivity index (χ3n) is 5.41. The Hall–Kier alpha value is -2.04. The van der Waals surface area contributed by atoms with Gasteiger partial charge in [0.05, 0.1) is 28.3 Å². The molecule has 0 unspecified atom stereocenters. The second-order valence-corrected chi connectivity index (χ2v) is 10.8. The maximum Gasteiger partial charge on any atom is 0.308 e. The van der Waals surface area contributed by atoms with Gasteiger partial charge >= 0.3 is 4.87 Å². The third-order valence-corrected chi connectivity index (χ3v) is 7.73. The lowest BCUT2D eigenvalue weighted by molar-refractivity contribution is 0.0342. The van der Waals surface area contributed by atoms with E-state index in [9.17, 15) is 13.2 Å². The molecule has 4 rings (SSSR count). The van der Waals surface area contributed by atoms with E-state index in [-0.39, 0.29) is 22.4 Å². The molecule has 1 aliphatic heterocycles. The normalized spacial score (nSPS) is 15.7. The quantitative estimate of drug-likeness (QED) is 0.585. The minimum absolute atomic E-state index is 0.0213. The lowest BCUT2D eigenvalue weighted by Gasteiger charge is -2.26. The van der Waals surface area contributed by atoms with Crippen molar-refractivity contribution in [2.45, 2.75) is 37.9 Å². The highest BCUT2D eigenvalue weighted by Gasteiger charge is 2.18. The van der Waals surface area contributed by atoms with Crippen molar-refractivity contribution in [3.05, 3.63) is 63.3 Å². The van der Waals surface area contributed by atoms with E-state index in [0.717, 1.165) is 55.3 Å². The van der Waals surface area contributed by atoms with Crippen LogP contribution in [0.5, 0.6) is 0 Å². The van der Waals surface area contributed by atoms with Crippen LogP contribution in [0.25, 0.3) is 10.2 Å². The minimum atomic E-state index is -3.68. The first-order chi connectivity index (χ1) is 14.8. The van der Waals surface area contributed by atoms with Crippen LogP contribution in [0.2, 0.25) is 0 Å². The Kier molecular flexibility index (Phi) is 6.59. The Morgan fingerprint density at radius 1 is 1.06 bits per heavy atom. The number of hydrogen-bond acceptors (Lipinski definition) is 6. The van der Waals surface area contributed by atoms with E-state index in [1.54, 1.807) is 22.8 Å². The number of fused-ring (bicyclic) bond motifs is 1. The van der Waals surface area contributed by atoms with E-state index in [0.29, 0.717) is 4.70 Å².